The van der Waals surface area contributed by atoms with Gasteiger partial charge in [0.2, 0.25) is 11.8 Å². The lowest BCUT2D eigenvalue weighted by Crippen LogP contribution is -2.45. The largest absolute Gasteiger partial charge is 0.444 e. The maximum Gasteiger partial charge on any atom is 0.410 e. The van der Waals surface area contributed by atoms with Crippen molar-refractivity contribution in [3.63, 3.8) is 0 Å². The van der Waals surface area contributed by atoms with Crippen molar-refractivity contribution in [3.8, 4) is 0 Å². The molecule has 1 heterocycles. The summed E-state index contributed by atoms with van der Waals surface area (Å²) in [6.07, 6.45) is 0.660. The molecule has 9 nitrogen and oxygen atoms in total. The number of ether oxygens (including phenoxy) is 1. The summed E-state index contributed by atoms with van der Waals surface area (Å²) in [6, 6.07) is 4.73. The second-order valence-corrected chi connectivity index (χ2v) is 9.19. The van der Waals surface area contributed by atoms with Crippen molar-refractivity contribution in [3.05, 3.63) is 24.3 Å². The van der Waals surface area contributed by atoms with Gasteiger partial charge in [0.1, 0.15) is 11.6 Å². The summed E-state index contributed by atoms with van der Waals surface area (Å²) >= 11 is 0. The summed E-state index contributed by atoms with van der Waals surface area (Å²) < 4.78 is 31.1. The van der Waals surface area contributed by atoms with E-state index >= 15 is 0 Å². The van der Waals surface area contributed by atoms with E-state index in [1.54, 1.807) is 20.8 Å². The Labute approximate surface area is 164 Å². The number of nitrogens with one attached hydrogen (secondary N) is 2. The van der Waals surface area contributed by atoms with Crippen LogP contribution in [-0.4, -0.2) is 49.4 Å². The van der Waals surface area contributed by atoms with E-state index in [1.807, 2.05) is 4.72 Å². The molecule has 1 atom stereocenters. The molecule has 1 saturated heterocycles. The van der Waals surface area contributed by atoms with Crippen LogP contribution in [0.5, 0.6) is 0 Å². The number of hydrogen-bond donors (Lipinski definition) is 2. The number of carbonyl (C=O) groups is 3. The van der Waals surface area contributed by atoms with Gasteiger partial charge in [0, 0.05) is 19.2 Å². The molecular formula is C18H25N3O6S. The molecule has 1 aliphatic heterocycles. The highest BCUT2D eigenvalue weighted by Crippen LogP contribution is 2.22. The fourth-order valence-corrected chi connectivity index (χ4v) is 3.76. The summed E-state index contributed by atoms with van der Waals surface area (Å²) in [5, 5.41) is 2.68. The van der Waals surface area contributed by atoms with Crippen LogP contribution in [0.15, 0.2) is 29.2 Å². The Morgan fingerprint density at radius 3 is 2.29 bits per heavy atom. The number of carbonyl (C=O) groups excluding carboxylic acids is 3. The van der Waals surface area contributed by atoms with E-state index in [0.29, 0.717) is 25.1 Å². The average molecular weight is 411 g/mol. The molecule has 0 aromatic heterocycles. The predicted molar refractivity (Wildman–Crippen MR) is 102 cm³/mol. The minimum absolute atomic E-state index is 0.100. The van der Waals surface area contributed by atoms with Crippen LogP contribution < -0.4 is 10.0 Å². The summed E-state index contributed by atoms with van der Waals surface area (Å²) in [5.74, 6) is -1.07. The molecule has 0 aliphatic carbocycles. The fraction of sp³-hybridized carbons (Fsp3) is 0.500. The van der Waals surface area contributed by atoms with Crippen molar-refractivity contribution in [1.29, 1.82) is 0 Å². The van der Waals surface area contributed by atoms with Gasteiger partial charge in [0.25, 0.3) is 10.0 Å². The number of likely N-dealkylation sites (tertiary alicyclic amines) is 1. The van der Waals surface area contributed by atoms with Gasteiger partial charge < -0.3 is 10.1 Å². The molecule has 0 radical (unpaired) electrons. The van der Waals surface area contributed by atoms with Gasteiger partial charge in [-0.2, -0.15) is 0 Å². The number of anilines is 1. The zero-order valence-electron chi connectivity index (χ0n) is 16.3. The van der Waals surface area contributed by atoms with Crippen molar-refractivity contribution in [2.45, 2.75) is 57.1 Å². The first kappa shape index (κ1) is 21.7. The molecular weight excluding hydrogens is 386 g/mol. The Hall–Kier alpha value is -2.62. The number of hydrogen-bond acceptors (Lipinski definition) is 6. The second-order valence-electron chi connectivity index (χ2n) is 7.51. The molecule has 0 bridgehead atoms. The molecule has 154 valence electrons. The number of benzene rings is 1. The number of nitrogens with zero attached hydrogens (tertiary/aromatic N) is 1. The number of amides is 3. The van der Waals surface area contributed by atoms with E-state index in [1.165, 1.54) is 29.2 Å². The quantitative estimate of drug-likeness (QED) is 0.780. The van der Waals surface area contributed by atoms with E-state index in [4.69, 9.17) is 4.74 Å². The Kier molecular flexibility index (Phi) is 6.33. The van der Waals surface area contributed by atoms with Crippen molar-refractivity contribution >= 4 is 33.6 Å². The number of rotatable bonds is 4. The Morgan fingerprint density at radius 1 is 1.14 bits per heavy atom. The van der Waals surface area contributed by atoms with Crippen molar-refractivity contribution in [2.75, 3.05) is 11.9 Å². The summed E-state index contributed by atoms with van der Waals surface area (Å²) in [4.78, 5) is 37.2. The molecule has 2 N–H and O–H groups in total. The van der Waals surface area contributed by atoms with Gasteiger partial charge in [-0.25, -0.2) is 17.9 Å². The van der Waals surface area contributed by atoms with Gasteiger partial charge in [-0.1, -0.05) is 0 Å². The lowest BCUT2D eigenvalue weighted by atomic mass is 10.2. The minimum Gasteiger partial charge on any atom is -0.444 e. The average Bonchev–Trinajstić information content (AvgIpc) is 3.02. The van der Waals surface area contributed by atoms with Gasteiger partial charge in [-0.05, 0) is 57.9 Å². The molecule has 1 aliphatic rings. The molecule has 0 unspecified atom stereocenters. The van der Waals surface area contributed by atoms with Crippen molar-refractivity contribution in [1.82, 2.24) is 9.62 Å². The maximum atomic E-state index is 12.6. The Bertz CT molecular complexity index is 858. The predicted octanol–water partition coefficient (Wildman–Crippen LogP) is 1.85. The third-order valence-electron chi connectivity index (χ3n) is 3.89. The van der Waals surface area contributed by atoms with Crippen molar-refractivity contribution in [2.24, 2.45) is 0 Å². The molecule has 1 fully saturated rings. The topological polar surface area (TPSA) is 122 Å². The third kappa shape index (κ3) is 5.69. The molecule has 0 saturated carbocycles. The van der Waals surface area contributed by atoms with Crippen LogP contribution in [0.3, 0.4) is 0 Å². The first-order valence-electron chi connectivity index (χ1n) is 8.83. The lowest BCUT2D eigenvalue weighted by Gasteiger charge is -2.28. The van der Waals surface area contributed by atoms with Crippen LogP contribution in [0, 0.1) is 0 Å². The van der Waals surface area contributed by atoms with E-state index in [9.17, 15) is 22.8 Å². The molecule has 28 heavy (non-hydrogen) atoms. The lowest BCUT2D eigenvalue weighted by molar-refractivity contribution is -0.120. The van der Waals surface area contributed by atoms with Gasteiger partial charge >= 0.3 is 6.09 Å². The molecule has 10 heteroatoms. The molecule has 1 aromatic carbocycles. The van der Waals surface area contributed by atoms with Crippen LogP contribution >= 0.6 is 0 Å². The summed E-state index contributed by atoms with van der Waals surface area (Å²) in [7, 11) is -3.94. The van der Waals surface area contributed by atoms with Crippen LogP contribution in [0.4, 0.5) is 10.5 Å². The van der Waals surface area contributed by atoms with Crippen LogP contribution in [0.2, 0.25) is 0 Å². The van der Waals surface area contributed by atoms with Gasteiger partial charge in [-0.3, -0.25) is 14.5 Å². The maximum absolute atomic E-state index is 12.6. The minimum atomic E-state index is -3.94. The highest BCUT2D eigenvalue weighted by atomic mass is 32.2. The SMILES string of the molecule is CC(=O)NS(=O)(=O)c1ccc(NC(=O)[C@@H]2CCCN2C(=O)OC(C)(C)C)cc1. The first-order valence-corrected chi connectivity index (χ1v) is 10.3. The first-order chi connectivity index (χ1) is 12.9. The normalized spacial score (nSPS) is 17.1. The summed E-state index contributed by atoms with van der Waals surface area (Å²) in [6.45, 7) is 6.80. The van der Waals surface area contributed by atoms with Gasteiger partial charge in [0.15, 0.2) is 0 Å². The highest BCUT2D eigenvalue weighted by Gasteiger charge is 2.36. The van der Waals surface area contributed by atoms with E-state index < -0.39 is 33.7 Å². The zero-order chi connectivity index (χ0) is 21.1. The van der Waals surface area contributed by atoms with Crippen LogP contribution in [0.25, 0.3) is 0 Å². The molecule has 0 spiro atoms. The Balaban J connectivity index is 2.06. The molecule has 1 aromatic rings. The summed E-state index contributed by atoms with van der Waals surface area (Å²) in [5.41, 5.74) is -0.279. The molecule has 3 amide bonds. The van der Waals surface area contributed by atoms with Gasteiger partial charge in [-0.15, -0.1) is 0 Å². The monoisotopic (exact) mass is 411 g/mol. The second kappa shape index (κ2) is 8.17. The smallest absolute Gasteiger partial charge is 0.410 e. The standard InChI is InChI=1S/C18H25N3O6S/c1-12(22)20-28(25,26)14-9-7-13(8-10-14)19-16(23)15-6-5-11-21(15)17(24)27-18(2,3)4/h7-10,15H,5-6,11H2,1-4H3,(H,19,23)(H,20,22)/t15-/m0/s1. The molecule has 2 rings (SSSR count). The van der Waals surface area contributed by atoms with Crippen molar-refractivity contribution < 1.29 is 27.5 Å². The fourth-order valence-electron chi connectivity index (χ4n) is 2.77. The van der Waals surface area contributed by atoms with Crippen LogP contribution in [0.1, 0.15) is 40.5 Å². The van der Waals surface area contributed by atoms with Gasteiger partial charge in [0.05, 0.1) is 4.90 Å². The Morgan fingerprint density at radius 2 is 1.75 bits per heavy atom. The third-order valence-corrected chi connectivity index (χ3v) is 5.34. The van der Waals surface area contributed by atoms with E-state index in [0.717, 1.165) is 6.92 Å². The highest BCUT2D eigenvalue weighted by molar-refractivity contribution is 7.90. The zero-order valence-corrected chi connectivity index (χ0v) is 17.1. The van der Waals surface area contributed by atoms with E-state index in [-0.39, 0.29) is 10.8 Å². The number of sulfonamides is 1. The van der Waals surface area contributed by atoms with Crippen LogP contribution in [-0.2, 0) is 24.3 Å². The van der Waals surface area contributed by atoms with E-state index in [2.05, 4.69) is 5.32 Å².